The molecular formula is C48H30N4O. The molecule has 5 nitrogen and oxygen atoms in total. The van der Waals surface area contributed by atoms with Gasteiger partial charge in [-0.25, -0.2) is 19.9 Å². The zero-order valence-corrected chi connectivity index (χ0v) is 28.5. The third-order valence-electron chi connectivity index (χ3n) is 9.77. The maximum Gasteiger partial charge on any atom is 0.227 e. The molecule has 0 unspecified atom stereocenters. The summed E-state index contributed by atoms with van der Waals surface area (Å²) in [6, 6.07) is 62.7. The predicted octanol–water partition coefficient (Wildman–Crippen LogP) is 12.3. The van der Waals surface area contributed by atoms with Gasteiger partial charge in [0.05, 0.1) is 0 Å². The van der Waals surface area contributed by atoms with E-state index in [0.29, 0.717) is 23.4 Å². The van der Waals surface area contributed by atoms with E-state index < -0.39 is 0 Å². The number of hydrogen-bond donors (Lipinski definition) is 0. The molecule has 0 radical (unpaired) electrons. The van der Waals surface area contributed by atoms with Crippen LogP contribution in [-0.4, -0.2) is 19.9 Å². The van der Waals surface area contributed by atoms with Crippen LogP contribution in [0.15, 0.2) is 186 Å². The van der Waals surface area contributed by atoms with Gasteiger partial charge in [0.2, 0.25) is 5.89 Å². The van der Waals surface area contributed by atoms with Gasteiger partial charge in [0.25, 0.3) is 0 Å². The topological polar surface area (TPSA) is 64.7 Å². The average molecular weight is 679 g/mol. The lowest BCUT2D eigenvalue weighted by molar-refractivity contribution is 0.620. The van der Waals surface area contributed by atoms with E-state index in [1.807, 2.05) is 48.5 Å². The highest BCUT2D eigenvalue weighted by molar-refractivity contribution is 5.89. The quantitative estimate of drug-likeness (QED) is 0.175. The van der Waals surface area contributed by atoms with Crippen LogP contribution in [0.2, 0.25) is 0 Å². The second-order valence-corrected chi connectivity index (χ2v) is 13.1. The van der Waals surface area contributed by atoms with Crippen molar-refractivity contribution in [3.05, 3.63) is 182 Å². The van der Waals surface area contributed by atoms with Gasteiger partial charge in [0.15, 0.2) is 23.1 Å². The maximum absolute atomic E-state index is 6.03. The summed E-state index contributed by atoms with van der Waals surface area (Å²) in [7, 11) is 0. The molecule has 0 N–H and O–H groups in total. The fourth-order valence-electron chi connectivity index (χ4n) is 6.88. The van der Waals surface area contributed by atoms with E-state index in [1.165, 1.54) is 21.5 Å². The molecule has 0 aliphatic heterocycles. The Morgan fingerprint density at radius 3 is 1.13 bits per heavy atom. The molecule has 0 spiro atoms. The van der Waals surface area contributed by atoms with Crippen LogP contribution in [0.1, 0.15) is 0 Å². The molecule has 0 aliphatic carbocycles. The van der Waals surface area contributed by atoms with E-state index in [2.05, 4.69) is 138 Å². The smallest absolute Gasteiger partial charge is 0.227 e. The van der Waals surface area contributed by atoms with Crippen LogP contribution in [0.4, 0.5) is 0 Å². The Hall–Kier alpha value is -7.24. The molecule has 0 atom stereocenters. The molecule has 10 aromatic rings. The highest BCUT2D eigenvalue weighted by Gasteiger charge is 2.15. The SMILES string of the molecule is c1ccc2cc(-c3ccc(-c4nc(-c5ccc(-c6ccc7ccccc7c6)cc5)nc(-c5ccc(-c6nc7ccccc7o6)cc5)n4)cc3)ccc2c1. The molecule has 0 aliphatic rings. The van der Waals surface area contributed by atoms with Crippen molar-refractivity contribution in [1.82, 2.24) is 19.9 Å². The molecule has 8 aromatic carbocycles. The van der Waals surface area contributed by atoms with Gasteiger partial charge in [0, 0.05) is 22.3 Å². The second-order valence-electron chi connectivity index (χ2n) is 13.1. The van der Waals surface area contributed by atoms with Crippen molar-refractivity contribution in [3.63, 3.8) is 0 Å². The summed E-state index contributed by atoms with van der Waals surface area (Å²) in [6.45, 7) is 0. The van der Waals surface area contributed by atoms with Gasteiger partial charge in [-0.05, 0) is 80.2 Å². The van der Waals surface area contributed by atoms with Crippen LogP contribution < -0.4 is 0 Å². The molecule has 0 saturated carbocycles. The molecule has 2 heterocycles. The van der Waals surface area contributed by atoms with Crippen molar-refractivity contribution in [2.24, 2.45) is 0 Å². The van der Waals surface area contributed by atoms with Gasteiger partial charge in [-0.15, -0.1) is 0 Å². The van der Waals surface area contributed by atoms with E-state index in [-0.39, 0.29) is 0 Å². The van der Waals surface area contributed by atoms with Crippen LogP contribution in [0.5, 0.6) is 0 Å². The molecule has 0 saturated heterocycles. The largest absolute Gasteiger partial charge is 0.436 e. The summed E-state index contributed by atoms with van der Waals surface area (Å²) in [6.07, 6.45) is 0. The first-order valence-electron chi connectivity index (χ1n) is 17.6. The minimum atomic E-state index is 0.577. The highest BCUT2D eigenvalue weighted by Crippen LogP contribution is 2.32. The molecule has 10 rings (SSSR count). The van der Waals surface area contributed by atoms with E-state index in [1.54, 1.807) is 0 Å². The standard InChI is InChI=1S/C48H30N4O/c1-3-9-39-29-41(27-17-31(39)7-1)33-13-19-35(20-14-33)45-50-46(36-21-15-34(16-22-36)42-28-18-32-8-2-4-10-40(32)30-42)52-47(51-45)37-23-25-38(26-24-37)48-49-43-11-5-6-12-44(43)53-48/h1-30H. The monoisotopic (exact) mass is 678 g/mol. The van der Waals surface area contributed by atoms with E-state index in [9.17, 15) is 0 Å². The van der Waals surface area contributed by atoms with Crippen LogP contribution in [0, 0.1) is 0 Å². The van der Waals surface area contributed by atoms with Gasteiger partial charge in [-0.1, -0.05) is 146 Å². The Labute approximate surface area is 305 Å². The minimum absolute atomic E-state index is 0.577. The lowest BCUT2D eigenvalue weighted by Gasteiger charge is -2.10. The molecular weight excluding hydrogens is 649 g/mol. The van der Waals surface area contributed by atoms with Crippen LogP contribution in [0.3, 0.4) is 0 Å². The number of fused-ring (bicyclic) bond motifs is 3. The molecule has 2 aromatic heterocycles. The molecule has 0 fully saturated rings. The van der Waals surface area contributed by atoms with E-state index >= 15 is 0 Å². The lowest BCUT2D eigenvalue weighted by Crippen LogP contribution is -2.00. The molecule has 0 amide bonds. The van der Waals surface area contributed by atoms with Gasteiger partial charge in [-0.2, -0.15) is 0 Å². The number of para-hydroxylation sites is 2. The first-order chi connectivity index (χ1) is 26.2. The van der Waals surface area contributed by atoms with Crippen molar-refractivity contribution in [2.75, 3.05) is 0 Å². The third-order valence-corrected chi connectivity index (χ3v) is 9.77. The lowest BCUT2D eigenvalue weighted by atomic mass is 10.00. The molecule has 0 bridgehead atoms. The van der Waals surface area contributed by atoms with Crippen LogP contribution >= 0.6 is 0 Å². The Morgan fingerprint density at radius 1 is 0.283 bits per heavy atom. The molecule has 53 heavy (non-hydrogen) atoms. The summed E-state index contributed by atoms with van der Waals surface area (Å²) in [5, 5.41) is 4.89. The van der Waals surface area contributed by atoms with E-state index in [0.717, 1.165) is 55.6 Å². The summed E-state index contributed by atoms with van der Waals surface area (Å²) in [4.78, 5) is 19.7. The fourth-order valence-corrected chi connectivity index (χ4v) is 6.88. The van der Waals surface area contributed by atoms with Gasteiger partial charge < -0.3 is 4.42 Å². The van der Waals surface area contributed by atoms with E-state index in [4.69, 9.17) is 19.4 Å². The van der Waals surface area contributed by atoms with Crippen LogP contribution in [0.25, 0.3) is 101 Å². The Balaban J connectivity index is 1.02. The predicted molar refractivity (Wildman–Crippen MR) is 215 cm³/mol. The molecule has 248 valence electrons. The summed E-state index contributed by atoms with van der Waals surface area (Å²) in [5.41, 5.74) is 9.76. The zero-order chi connectivity index (χ0) is 35.1. The van der Waals surface area contributed by atoms with Crippen LogP contribution in [-0.2, 0) is 0 Å². The normalized spacial score (nSPS) is 11.4. The first kappa shape index (κ1) is 30.6. The number of rotatable bonds is 6. The number of hydrogen-bond acceptors (Lipinski definition) is 5. The number of oxazole rings is 1. The van der Waals surface area contributed by atoms with Crippen molar-refractivity contribution in [1.29, 1.82) is 0 Å². The minimum Gasteiger partial charge on any atom is -0.436 e. The zero-order valence-electron chi connectivity index (χ0n) is 28.5. The Morgan fingerprint density at radius 2 is 0.660 bits per heavy atom. The Bertz CT molecular complexity index is 2760. The highest BCUT2D eigenvalue weighted by atomic mass is 16.3. The van der Waals surface area contributed by atoms with Crippen molar-refractivity contribution < 1.29 is 4.42 Å². The third kappa shape index (κ3) is 5.90. The average Bonchev–Trinajstić information content (AvgIpc) is 3.68. The van der Waals surface area contributed by atoms with Gasteiger partial charge >= 0.3 is 0 Å². The van der Waals surface area contributed by atoms with Gasteiger partial charge in [0.1, 0.15) is 5.52 Å². The van der Waals surface area contributed by atoms with Crippen molar-refractivity contribution in [2.45, 2.75) is 0 Å². The summed E-state index contributed by atoms with van der Waals surface area (Å²) < 4.78 is 6.03. The Kier molecular flexibility index (Phi) is 7.40. The van der Waals surface area contributed by atoms with Crippen molar-refractivity contribution in [3.8, 4) is 67.9 Å². The summed E-state index contributed by atoms with van der Waals surface area (Å²) >= 11 is 0. The van der Waals surface area contributed by atoms with Gasteiger partial charge in [-0.3, -0.25) is 0 Å². The first-order valence-corrected chi connectivity index (χ1v) is 17.6. The number of nitrogens with zero attached hydrogens (tertiary/aromatic N) is 4. The van der Waals surface area contributed by atoms with Crippen molar-refractivity contribution >= 4 is 32.6 Å². The maximum atomic E-state index is 6.03. The number of benzene rings is 8. The fraction of sp³-hybridized carbons (Fsp3) is 0. The second kappa shape index (κ2) is 12.8. The number of aromatic nitrogens is 4. The molecule has 5 heteroatoms. The summed E-state index contributed by atoms with van der Waals surface area (Å²) in [5.74, 6) is 2.38.